The van der Waals surface area contributed by atoms with Crippen LogP contribution in [0.5, 0.6) is 5.75 Å². The van der Waals surface area contributed by atoms with Crippen molar-refractivity contribution in [3.05, 3.63) is 99.8 Å². The Bertz CT molecular complexity index is 1320. The quantitative estimate of drug-likeness (QED) is 0.281. The van der Waals surface area contributed by atoms with Gasteiger partial charge in [-0.25, -0.2) is 13.2 Å². The Hall–Kier alpha value is -3.78. The number of anilines is 1. The van der Waals surface area contributed by atoms with Gasteiger partial charge in [0.25, 0.3) is 11.7 Å². The topological polar surface area (TPSA) is 66.8 Å². The normalized spacial score (nSPS) is 17.3. The lowest BCUT2D eigenvalue weighted by Gasteiger charge is -2.25. The number of halogens is 4. The molecule has 0 bridgehead atoms. The molecule has 4 rings (SSSR count). The Morgan fingerprint density at radius 3 is 2.35 bits per heavy atom. The van der Waals surface area contributed by atoms with Gasteiger partial charge in [-0.05, 0) is 55.0 Å². The summed E-state index contributed by atoms with van der Waals surface area (Å²) in [5, 5.41) is 11.2. The van der Waals surface area contributed by atoms with Crippen LogP contribution in [0.25, 0.3) is 5.76 Å². The van der Waals surface area contributed by atoms with Crippen LogP contribution < -0.4 is 9.64 Å². The van der Waals surface area contributed by atoms with Crippen molar-refractivity contribution in [1.29, 1.82) is 0 Å². The van der Waals surface area contributed by atoms with Crippen LogP contribution in [0.15, 0.2) is 66.2 Å². The van der Waals surface area contributed by atoms with Gasteiger partial charge in [-0.1, -0.05) is 23.7 Å². The van der Waals surface area contributed by atoms with Crippen molar-refractivity contribution < 1.29 is 32.6 Å². The van der Waals surface area contributed by atoms with Gasteiger partial charge in [-0.3, -0.25) is 14.5 Å². The van der Waals surface area contributed by atoms with Crippen LogP contribution in [0.2, 0.25) is 5.02 Å². The first-order chi connectivity index (χ1) is 16.2. The fourth-order valence-electron chi connectivity index (χ4n) is 3.78. The predicted molar refractivity (Wildman–Crippen MR) is 120 cm³/mol. The van der Waals surface area contributed by atoms with Crippen LogP contribution in [0.3, 0.4) is 0 Å². The number of hydrogen-bond donors (Lipinski definition) is 1. The van der Waals surface area contributed by atoms with Crippen LogP contribution in [-0.2, 0) is 9.59 Å². The number of aliphatic hydroxyl groups excluding tert-OH is 1. The predicted octanol–water partition coefficient (Wildman–Crippen LogP) is 5.78. The zero-order valence-corrected chi connectivity index (χ0v) is 18.4. The van der Waals surface area contributed by atoms with E-state index in [4.69, 9.17) is 16.3 Å². The summed E-state index contributed by atoms with van der Waals surface area (Å²) in [4.78, 5) is 27.1. The van der Waals surface area contributed by atoms with Gasteiger partial charge in [0.15, 0.2) is 11.6 Å². The fraction of sp³-hybridized carbons (Fsp3) is 0.120. The molecule has 1 amide bonds. The molecule has 0 radical (unpaired) electrons. The molecule has 1 saturated heterocycles. The molecule has 1 unspecified atom stereocenters. The summed E-state index contributed by atoms with van der Waals surface area (Å²) in [7, 11) is 0. The average molecular weight is 488 g/mol. The molecule has 0 aliphatic carbocycles. The molecule has 0 saturated carbocycles. The van der Waals surface area contributed by atoms with Crippen molar-refractivity contribution in [3.63, 3.8) is 0 Å². The van der Waals surface area contributed by atoms with E-state index in [0.29, 0.717) is 12.4 Å². The van der Waals surface area contributed by atoms with Crippen molar-refractivity contribution >= 4 is 34.7 Å². The molecule has 1 aliphatic rings. The standard InChI is InChI=1S/C25H17ClF3NO4/c1-2-34-16-8-9-18(26)17(12-16)23(31)21-22(13-3-5-14(27)6-4-13)30(25(33)24(21)32)15-7-10-19(28)20(29)11-15/h3-12,22,31H,2H2,1H3/b23-21+. The van der Waals surface area contributed by atoms with E-state index in [9.17, 15) is 27.9 Å². The van der Waals surface area contributed by atoms with Crippen molar-refractivity contribution in [1.82, 2.24) is 0 Å². The minimum absolute atomic E-state index is 0.0306. The molecule has 34 heavy (non-hydrogen) atoms. The number of carbonyl (C=O) groups is 2. The molecule has 1 atom stereocenters. The molecule has 1 heterocycles. The summed E-state index contributed by atoms with van der Waals surface area (Å²) in [6.45, 7) is 2.09. The molecule has 9 heteroatoms. The highest BCUT2D eigenvalue weighted by Crippen LogP contribution is 2.43. The van der Waals surface area contributed by atoms with E-state index in [2.05, 4.69) is 0 Å². The maximum absolute atomic E-state index is 14.0. The number of hydrogen-bond acceptors (Lipinski definition) is 4. The highest BCUT2D eigenvalue weighted by molar-refractivity contribution is 6.52. The van der Waals surface area contributed by atoms with E-state index in [1.807, 2.05) is 0 Å². The number of nitrogens with zero attached hydrogens (tertiary/aromatic N) is 1. The number of aliphatic hydroxyl groups is 1. The monoisotopic (exact) mass is 487 g/mol. The third kappa shape index (κ3) is 4.12. The number of rotatable bonds is 5. The molecule has 3 aromatic carbocycles. The molecule has 174 valence electrons. The Morgan fingerprint density at radius 2 is 1.71 bits per heavy atom. The van der Waals surface area contributed by atoms with Gasteiger partial charge in [-0.15, -0.1) is 0 Å². The maximum atomic E-state index is 14.0. The van der Waals surface area contributed by atoms with E-state index in [-0.39, 0.29) is 27.4 Å². The van der Waals surface area contributed by atoms with Gasteiger partial charge >= 0.3 is 0 Å². The minimum Gasteiger partial charge on any atom is -0.507 e. The molecule has 1 aliphatic heterocycles. The van der Waals surface area contributed by atoms with Crippen LogP contribution in [-0.4, -0.2) is 23.4 Å². The number of carbonyl (C=O) groups excluding carboxylic acids is 2. The van der Waals surface area contributed by atoms with Gasteiger partial charge in [-0.2, -0.15) is 0 Å². The van der Waals surface area contributed by atoms with Crippen LogP contribution in [0, 0.1) is 17.5 Å². The second kappa shape index (κ2) is 9.23. The Labute approximate surface area is 197 Å². The molecule has 0 spiro atoms. The summed E-state index contributed by atoms with van der Waals surface area (Å²) >= 11 is 6.26. The molecule has 1 N–H and O–H groups in total. The first-order valence-corrected chi connectivity index (χ1v) is 10.5. The summed E-state index contributed by atoms with van der Waals surface area (Å²) < 4.78 is 46.6. The number of amides is 1. The second-order valence-electron chi connectivity index (χ2n) is 7.39. The molecule has 5 nitrogen and oxygen atoms in total. The number of ether oxygens (including phenoxy) is 1. The molecule has 1 fully saturated rings. The fourth-order valence-corrected chi connectivity index (χ4v) is 3.99. The number of Topliss-reactive ketones (excluding diaryl/α,β-unsaturated/α-hetero) is 1. The first-order valence-electron chi connectivity index (χ1n) is 10.2. The van der Waals surface area contributed by atoms with Crippen LogP contribution in [0.1, 0.15) is 24.1 Å². The van der Waals surface area contributed by atoms with Gasteiger partial charge in [0.1, 0.15) is 17.3 Å². The van der Waals surface area contributed by atoms with Crippen molar-refractivity contribution in [3.8, 4) is 5.75 Å². The van der Waals surface area contributed by atoms with Gasteiger partial charge in [0.05, 0.1) is 23.2 Å². The highest BCUT2D eigenvalue weighted by atomic mass is 35.5. The summed E-state index contributed by atoms with van der Waals surface area (Å²) in [6, 6.07) is 10.8. The Balaban J connectivity index is 1.96. The molecular weight excluding hydrogens is 471 g/mol. The Kier molecular flexibility index (Phi) is 6.34. The van der Waals surface area contributed by atoms with Crippen molar-refractivity contribution in [2.24, 2.45) is 0 Å². The summed E-state index contributed by atoms with van der Waals surface area (Å²) in [5.41, 5.74) is -0.188. The third-order valence-electron chi connectivity index (χ3n) is 5.32. The molecule has 3 aromatic rings. The Morgan fingerprint density at radius 1 is 1.00 bits per heavy atom. The summed E-state index contributed by atoms with van der Waals surface area (Å²) in [5.74, 6) is -5.33. The lowest BCUT2D eigenvalue weighted by Crippen LogP contribution is -2.29. The van der Waals surface area contributed by atoms with Gasteiger partial charge in [0, 0.05) is 17.3 Å². The first kappa shape index (κ1) is 23.4. The van der Waals surface area contributed by atoms with Crippen molar-refractivity contribution in [2.75, 3.05) is 11.5 Å². The number of benzene rings is 3. The zero-order chi connectivity index (χ0) is 24.6. The van der Waals surface area contributed by atoms with Crippen LogP contribution >= 0.6 is 11.6 Å². The van der Waals surface area contributed by atoms with Crippen LogP contribution in [0.4, 0.5) is 18.9 Å². The lowest BCUT2D eigenvalue weighted by atomic mass is 9.95. The lowest BCUT2D eigenvalue weighted by molar-refractivity contribution is -0.132. The van der Waals surface area contributed by atoms with Gasteiger partial charge < -0.3 is 9.84 Å². The van der Waals surface area contributed by atoms with E-state index in [1.165, 1.54) is 24.3 Å². The van der Waals surface area contributed by atoms with E-state index >= 15 is 0 Å². The SMILES string of the molecule is CCOc1ccc(Cl)c(/C(O)=C2\C(=O)C(=O)N(c3ccc(F)c(F)c3)C2c2ccc(F)cc2)c1. The largest absolute Gasteiger partial charge is 0.507 e. The third-order valence-corrected chi connectivity index (χ3v) is 5.65. The van der Waals surface area contributed by atoms with E-state index in [1.54, 1.807) is 13.0 Å². The second-order valence-corrected chi connectivity index (χ2v) is 7.80. The maximum Gasteiger partial charge on any atom is 0.300 e. The minimum atomic E-state index is -1.27. The van der Waals surface area contributed by atoms with E-state index < -0.39 is 40.9 Å². The molecule has 0 aromatic heterocycles. The molecular formula is C25H17ClF3NO4. The van der Waals surface area contributed by atoms with Crippen molar-refractivity contribution in [2.45, 2.75) is 13.0 Å². The average Bonchev–Trinajstić information content (AvgIpc) is 3.08. The zero-order valence-electron chi connectivity index (χ0n) is 17.7. The smallest absolute Gasteiger partial charge is 0.300 e. The summed E-state index contributed by atoms with van der Waals surface area (Å²) in [6.07, 6.45) is 0. The highest BCUT2D eigenvalue weighted by Gasteiger charge is 2.47. The van der Waals surface area contributed by atoms with Gasteiger partial charge in [0.2, 0.25) is 0 Å². The van der Waals surface area contributed by atoms with E-state index in [0.717, 1.165) is 35.2 Å². The number of ketones is 1.